The van der Waals surface area contributed by atoms with Gasteiger partial charge in [-0.1, -0.05) is 23.7 Å². The molecule has 3 heterocycles. The maximum atomic E-state index is 13.6. The molecule has 0 unspecified atom stereocenters. The summed E-state index contributed by atoms with van der Waals surface area (Å²) >= 11 is 6.15. The van der Waals surface area contributed by atoms with Crippen LogP contribution < -0.4 is 10.2 Å². The van der Waals surface area contributed by atoms with Gasteiger partial charge in [0, 0.05) is 31.2 Å². The Bertz CT molecular complexity index is 1250. The lowest BCUT2D eigenvalue weighted by molar-refractivity contribution is 0.0353. The van der Waals surface area contributed by atoms with Crippen LogP contribution in [0.15, 0.2) is 51.7 Å². The molecule has 1 aromatic heterocycles. The molecule has 0 radical (unpaired) electrons. The van der Waals surface area contributed by atoms with Crippen LogP contribution in [0.1, 0.15) is 34.1 Å². The average Bonchev–Trinajstić information content (AvgIpc) is 3.12. The molecule has 2 aromatic carbocycles. The zero-order chi connectivity index (χ0) is 22.9. The third-order valence-corrected chi connectivity index (χ3v) is 6.55. The Morgan fingerprint density at radius 1 is 1.09 bits per heavy atom. The van der Waals surface area contributed by atoms with E-state index >= 15 is 0 Å². The number of nitrogens with zero attached hydrogens (tertiary/aromatic N) is 2. The van der Waals surface area contributed by atoms with Gasteiger partial charge in [0.2, 0.25) is 5.76 Å². The fraction of sp³-hybridized carbons (Fsp3) is 0.360. The van der Waals surface area contributed by atoms with Gasteiger partial charge in [0.05, 0.1) is 37.3 Å². The molecular formula is C25H25ClN2O5. The van der Waals surface area contributed by atoms with Gasteiger partial charge >= 0.3 is 0 Å². The van der Waals surface area contributed by atoms with E-state index in [0.29, 0.717) is 33.8 Å². The highest BCUT2D eigenvalue weighted by molar-refractivity contribution is 6.31. The van der Waals surface area contributed by atoms with Crippen LogP contribution in [0.3, 0.4) is 0 Å². The number of methoxy groups -OCH3 is 1. The molecule has 0 N–H and O–H groups in total. The molecule has 0 bridgehead atoms. The molecule has 1 atom stereocenters. The summed E-state index contributed by atoms with van der Waals surface area (Å²) in [7, 11) is 1.59. The van der Waals surface area contributed by atoms with Crippen molar-refractivity contribution in [2.45, 2.75) is 12.5 Å². The number of hydrogen-bond acceptors (Lipinski definition) is 6. The van der Waals surface area contributed by atoms with Crippen molar-refractivity contribution in [3.8, 4) is 5.75 Å². The van der Waals surface area contributed by atoms with E-state index in [1.54, 1.807) is 30.2 Å². The Hall–Kier alpha value is -2.87. The minimum Gasteiger partial charge on any atom is -0.497 e. The summed E-state index contributed by atoms with van der Waals surface area (Å²) in [6.45, 7) is 4.59. The summed E-state index contributed by atoms with van der Waals surface area (Å²) < 4.78 is 16.8. The van der Waals surface area contributed by atoms with Crippen molar-refractivity contribution in [1.29, 1.82) is 0 Å². The molecule has 0 saturated carbocycles. The van der Waals surface area contributed by atoms with Gasteiger partial charge in [0.1, 0.15) is 11.3 Å². The third kappa shape index (κ3) is 4.12. The molecule has 1 amide bonds. The number of amides is 1. The first-order valence-corrected chi connectivity index (χ1v) is 11.5. The molecular weight excluding hydrogens is 444 g/mol. The number of carbonyl (C=O) groups is 1. The first-order valence-electron chi connectivity index (χ1n) is 11.1. The molecule has 0 aliphatic carbocycles. The van der Waals surface area contributed by atoms with E-state index in [-0.39, 0.29) is 17.1 Å². The Labute approximate surface area is 196 Å². The zero-order valence-corrected chi connectivity index (χ0v) is 19.1. The quantitative estimate of drug-likeness (QED) is 0.549. The van der Waals surface area contributed by atoms with Gasteiger partial charge in [-0.15, -0.1) is 0 Å². The minimum atomic E-state index is -0.549. The van der Waals surface area contributed by atoms with E-state index in [4.69, 9.17) is 25.5 Å². The third-order valence-electron chi connectivity index (χ3n) is 6.31. The molecule has 7 nitrogen and oxygen atoms in total. The lowest BCUT2D eigenvalue weighted by Crippen LogP contribution is -2.38. The Morgan fingerprint density at radius 2 is 1.91 bits per heavy atom. The molecule has 172 valence electrons. The summed E-state index contributed by atoms with van der Waals surface area (Å²) in [6.07, 6.45) is 0.778. The number of hydrogen-bond donors (Lipinski definition) is 0. The molecule has 1 fully saturated rings. The average molecular weight is 469 g/mol. The van der Waals surface area contributed by atoms with Gasteiger partial charge < -0.3 is 18.8 Å². The van der Waals surface area contributed by atoms with Crippen LogP contribution in [0.25, 0.3) is 11.0 Å². The highest BCUT2D eigenvalue weighted by Crippen LogP contribution is 2.39. The predicted octanol–water partition coefficient (Wildman–Crippen LogP) is 3.72. The van der Waals surface area contributed by atoms with Crippen molar-refractivity contribution in [2.24, 2.45) is 0 Å². The van der Waals surface area contributed by atoms with Crippen LogP contribution in [0.5, 0.6) is 5.75 Å². The molecule has 0 spiro atoms. The monoisotopic (exact) mass is 468 g/mol. The number of carbonyl (C=O) groups excluding carboxylic acids is 1. The van der Waals surface area contributed by atoms with Gasteiger partial charge in [-0.05, 0) is 42.3 Å². The number of morpholine rings is 1. The van der Waals surface area contributed by atoms with Gasteiger partial charge in [0.15, 0.2) is 5.43 Å². The number of halogens is 1. The second-order valence-corrected chi connectivity index (χ2v) is 8.74. The summed E-state index contributed by atoms with van der Waals surface area (Å²) in [4.78, 5) is 31.1. The molecule has 1 saturated heterocycles. The Balaban J connectivity index is 1.55. The van der Waals surface area contributed by atoms with Crippen LogP contribution >= 0.6 is 11.6 Å². The van der Waals surface area contributed by atoms with E-state index in [9.17, 15) is 9.59 Å². The van der Waals surface area contributed by atoms with Gasteiger partial charge in [-0.2, -0.15) is 0 Å². The van der Waals surface area contributed by atoms with E-state index < -0.39 is 6.04 Å². The van der Waals surface area contributed by atoms with Crippen molar-refractivity contribution in [1.82, 2.24) is 9.80 Å². The number of rotatable bonds is 6. The molecule has 2 aliphatic heterocycles. The molecule has 33 heavy (non-hydrogen) atoms. The topological polar surface area (TPSA) is 72.2 Å². The first-order chi connectivity index (χ1) is 16.1. The zero-order valence-electron chi connectivity index (χ0n) is 18.4. The van der Waals surface area contributed by atoms with Crippen LogP contribution in [0, 0.1) is 0 Å². The summed E-state index contributed by atoms with van der Waals surface area (Å²) in [5.74, 6) is 0.498. The van der Waals surface area contributed by atoms with Gasteiger partial charge in [-0.3, -0.25) is 14.5 Å². The Morgan fingerprint density at radius 3 is 2.70 bits per heavy atom. The van der Waals surface area contributed by atoms with Crippen molar-refractivity contribution < 1.29 is 18.7 Å². The highest BCUT2D eigenvalue weighted by atomic mass is 35.5. The minimum absolute atomic E-state index is 0.106. The Kier molecular flexibility index (Phi) is 6.10. The lowest BCUT2D eigenvalue weighted by Gasteiger charge is -2.29. The molecule has 5 rings (SSSR count). The van der Waals surface area contributed by atoms with E-state index in [0.717, 1.165) is 44.8 Å². The molecule has 3 aromatic rings. The maximum absolute atomic E-state index is 13.6. The largest absolute Gasteiger partial charge is 0.497 e. The smallest absolute Gasteiger partial charge is 0.290 e. The van der Waals surface area contributed by atoms with E-state index in [1.807, 2.05) is 24.3 Å². The maximum Gasteiger partial charge on any atom is 0.290 e. The summed E-state index contributed by atoms with van der Waals surface area (Å²) in [5.41, 5.74) is 1.29. The number of fused-ring (bicyclic) bond motifs is 2. The van der Waals surface area contributed by atoms with Crippen LogP contribution in [-0.4, -0.2) is 62.2 Å². The van der Waals surface area contributed by atoms with E-state index in [1.165, 1.54) is 0 Å². The summed E-state index contributed by atoms with van der Waals surface area (Å²) in [6, 6.07) is 11.8. The van der Waals surface area contributed by atoms with Crippen LogP contribution in [-0.2, 0) is 4.74 Å². The number of benzene rings is 2. The molecule has 8 heteroatoms. The fourth-order valence-corrected chi connectivity index (χ4v) is 4.84. The van der Waals surface area contributed by atoms with Crippen LogP contribution in [0.2, 0.25) is 5.02 Å². The van der Waals surface area contributed by atoms with Gasteiger partial charge in [0.25, 0.3) is 5.91 Å². The second-order valence-electron chi connectivity index (χ2n) is 8.30. The predicted molar refractivity (Wildman–Crippen MR) is 125 cm³/mol. The fourth-order valence-electron chi connectivity index (χ4n) is 4.67. The van der Waals surface area contributed by atoms with Crippen LogP contribution in [0.4, 0.5) is 0 Å². The normalized spacial score (nSPS) is 18.7. The SMILES string of the molecule is COc1cccc([C@@H]2c3c(oc4ccc(Cl)cc4c3=O)C(=O)N2CCCN2CCOCC2)c1. The van der Waals surface area contributed by atoms with Gasteiger partial charge in [-0.25, -0.2) is 0 Å². The van der Waals surface area contributed by atoms with Crippen molar-refractivity contribution in [3.05, 3.63) is 74.6 Å². The highest BCUT2D eigenvalue weighted by Gasteiger charge is 2.42. The molecule has 2 aliphatic rings. The van der Waals surface area contributed by atoms with Crippen molar-refractivity contribution >= 4 is 28.5 Å². The first kappa shape index (κ1) is 21.9. The standard InChI is InChI=1S/C25H25ClN2O5/c1-31-18-5-2-4-16(14-18)22-21-23(29)19-15-17(26)6-7-20(19)33-24(21)25(30)28(22)9-3-8-27-10-12-32-13-11-27/h2,4-7,14-15,22H,3,8-13H2,1H3/t22-/m1/s1. The van der Waals surface area contributed by atoms with Crippen molar-refractivity contribution in [2.75, 3.05) is 46.5 Å². The number of ether oxygens (including phenoxy) is 2. The lowest BCUT2D eigenvalue weighted by atomic mass is 9.98. The second kappa shape index (κ2) is 9.17. The van der Waals surface area contributed by atoms with Crippen molar-refractivity contribution in [3.63, 3.8) is 0 Å². The van der Waals surface area contributed by atoms with E-state index in [2.05, 4.69) is 4.90 Å². The summed E-state index contributed by atoms with van der Waals surface area (Å²) in [5, 5.41) is 0.816.